The summed E-state index contributed by atoms with van der Waals surface area (Å²) in [5.41, 5.74) is 2.59. The number of aromatic nitrogens is 2. The van der Waals surface area contributed by atoms with Crippen LogP contribution in [0.2, 0.25) is 0 Å². The lowest BCUT2D eigenvalue weighted by molar-refractivity contribution is -0.714. The van der Waals surface area contributed by atoms with Crippen LogP contribution in [0, 0.1) is 6.33 Å². The summed E-state index contributed by atoms with van der Waals surface area (Å²) < 4.78 is 4.27. The highest BCUT2D eigenvalue weighted by Crippen LogP contribution is 2.17. The van der Waals surface area contributed by atoms with Gasteiger partial charge in [-0.2, -0.15) is 0 Å². The average Bonchev–Trinajstić information content (AvgIpc) is 3.05. The van der Waals surface area contributed by atoms with Gasteiger partial charge in [0.05, 0.1) is 12.1 Å². The summed E-state index contributed by atoms with van der Waals surface area (Å²) in [6, 6.07) is 21.6. The van der Waals surface area contributed by atoms with Gasteiger partial charge in [-0.15, -0.1) is 0 Å². The van der Waals surface area contributed by atoms with Crippen molar-refractivity contribution in [2.45, 2.75) is 25.9 Å². The molecule has 1 heterocycles. The second kappa shape index (κ2) is 5.96. The fourth-order valence-corrected chi connectivity index (χ4v) is 2.56. The Morgan fingerprint density at radius 1 is 0.857 bits per heavy atom. The SMILES string of the molecule is C[C@H](c1ccccc1)n1[c-][n+]([C@H](C)c2ccccc2)cc1. The molecule has 0 saturated heterocycles. The van der Waals surface area contributed by atoms with Crippen LogP contribution in [0.3, 0.4) is 0 Å². The van der Waals surface area contributed by atoms with Crippen molar-refractivity contribution < 1.29 is 4.57 Å². The highest BCUT2D eigenvalue weighted by molar-refractivity contribution is 5.19. The Hall–Kier alpha value is -2.35. The minimum absolute atomic E-state index is 0.287. The van der Waals surface area contributed by atoms with E-state index in [1.807, 2.05) is 12.1 Å². The Morgan fingerprint density at radius 3 is 2.05 bits per heavy atom. The second-order valence-electron chi connectivity index (χ2n) is 5.39. The van der Waals surface area contributed by atoms with Crippen LogP contribution in [0.4, 0.5) is 0 Å². The van der Waals surface area contributed by atoms with Crippen LogP contribution in [-0.4, -0.2) is 4.57 Å². The van der Waals surface area contributed by atoms with Gasteiger partial charge >= 0.3 is 0 Å². The predicted octanol–water partition coefficient (Wildman–Crippen LogP) is 3.79. The molecule has 3 aromatic rings. The molecule has 0 fully saturated rings. The molecule has 0 N–H and O–H groups in total. The van der Waals surface area contributed by atoms with Crippen molar-refractivity contribution in [3.63, 3.8) is 0 Å². The largest absolute Gasteiger partial charge is 0.345 e. The van der Waals surface area contributed by atoms with E-state index in [0.717, 1.165) is 0 Å². The van der Waals surface area contributed by atoms with E-state index >= 15 is 0 Å². The molecule has 2 heteroatoms. The standard InChI is InChI=1S/C19H20N2/c1-16(18-9-5-3-6-10-18)20-13-14-21(15-20)17(2)19-11-7-4-8-12-19/h3-14,16-17H,1-2H3/t16-,17-/m1/s1. The maximum absolute atomic E-state index is 3.44. The Morgan fingerprint density at radius 2 is 1.43 bits per heavy atom. The van der Waals surface area contributed by atoms with E-state index in [2.05, 4.69) is 90.2 Å². The van der Waals surface area contributed by atoms with Crippen LogP contribution < -0.4 is 4.57 Å². The van der Waals surface area contributed by atoms with E-state index < -0.39 is 0 Å². The van der Waals surface area contributed by atoms with Crippen LogP contribution in [0.5, 0.6) is 0 Å². The van der Waals surface area contributed by atoms with E-state index in [1.54, 1.807) is 0 Å². The molecule has 2 aromatic carbocycles. The summed E-state index contributed by atoms with van der Waals surface area (Å²) in [7, 11) is 0. The van der Waals surface area contributed by atoms with E-state index in [-0.39, 0.29) is 12.1 Å². The monoisotopic (exact) mass is 276 g/mol. The van der Waals surface area contributed by atoms with Gasteiger partial charge in [-0.25, -0.2) is 0 Å². The van der Waals surface area contributed by atoms with Gasteiger partial charge in [-0.1, -0.05) is 60.7 Å². The van der Waals surface area contributed by atoms with Gasteiger partial charge in [0.15, 0.2) is 0 Å². The predicted molar refractivity (Wildman–Crippen MR) is 84.0 cm³/mol. The minimum atomic E-state index is 0.287. The molecular formula is C19H20N2. The minimum Gasteiger partial charge on any atom is -0.345 e. The Kier molecular flexibility index (Phi) is 3.87. The molecule has 1 aromatic heterocycles. The van der Waals surface area contributed by atoms with Gasteiger partial charge in [-0.05, 0) is 37.4 Å². The summed E-state index contributed by atoms with van der Waals surface area (Å²) in [5, 5.41) is 0. The maximum Gasteiger partial charge on any atom is 0.204 e. The second-order valence-corrected chi connectivity index (χ2v) is 5.39. The highest BCUT2D eigenvalue weighted by atomic mass is 15.1. The summed E-state index contributed by atoms with van der Waals surface area (Å²) in [4.78, 5) is 0. The first-order valence-electron chi connectivity index (χ1n) is 7.37. The molecule has 0 radical (unpaired) electrons. The van der Waals surface area contributed by atoms with E-state index in [1.165, 1.54) is 11.1 Å². The zero-order valence-corrected chi connectivity index (χ0v) is 12.5. The molecule has 0 unspecified atom stereocenters. The number of imidazole rings is 1. The van der Waals surface area contributed by atoms with Gasteiger partial charge < -0.3 is 9.13 Å². The molecule has 21 heavy (non-hydrogen) atoms. The smallest absolute Gasteiger partial charge is 0.204 e. The topological polar surface area (TPSA) is 8.81 Å². The molecule has 0 bridgehead atoms. The first-order valence-corrected chi connectivity index (χ1v) is 7.37. The molecule has 0 saturated carbocycles. The van der Waals surface area contributed by atoms with Gasteiger partial charge in [0, 0.05) is 0 Å². The van der Waals surface area contributed by atoms with Crippen molar-refractivity contribution in [1.82, 2.24) is 4.57 Å². The summed E-state index contributed by atoms with van der Waals surface area (Å²) in [6.45, 7) is 4.40. The Balaban J connectivity index is 1.84. The Labute approximate surface area is 126 Å². The maximum atomic E-state index is 3.44. The van der Waals surface area contributed by atoms with Crippen molar-refractivity contribution in [3.05, 3.63) is 90.5 Å². The van der Waals surface area contributed by atoms with Gasteiger partial charge in [0.1, 0.15) is 0 Å². The van der Waals surface area contributed by atoms with Crippen molar-refractivity contribution in [2.24, 2.45) is 0 Å². The van der Waals surface area contributed by atoms with E-state index in [0.29, 0.717) is 0 Å². The van der Waals surface area contributed by atoms with Crippen molar-refractivity contribution >= 4 is 0 Å². The van der Waals surface area contributed by atoms with E-state index in [9.17, 15) is 0 Å². The van der Waals surface area contributed by atoms with Crippen LogP contribution in [-0.2, 0) is 0 Å². The lowest BCUT2D eigenvalue weighted by Gasteiger charge is -2.14. The molecule has 0 spiro atoms. The third kappa shape index (κ3) is 2.89. The first-order chi connectivity index (χ1) is 10.3. The van der Waals surface area contributed by atoms with Gasteiger partial charge in [0.2, 0.25) is 6.33 Å². The van der Waals surface area contributed by atoms with Crippen LogP contribution >= 0.6 is 0 Å². The molecule has 3 rings (SSSR count). The number of rotatable bonds is 4. The van der Waals surface area contributed by atoms with Gasteiger partial charge in [0.25, 0.3) is 0 Å². The van der Waals surface area contributed by atoms with E-state index in [4.69, 9.17) is 0 Å². The van der Waals surface area contributed by atoms with Crippen molar-refractivity contribution in [3.8, 4) is 0 Å². The highest BCUT2D eigenvalue weighted by Gasteiger charge is 2.12. The molecule has 0 amide bonds. The molecule has 2 nitrogen and oxygen atoms in total. The summed E-state index contributed by atoms with van der Waals surface area (Å²) >= 11 is 0. The van der Waals surface area contributed by atoms with Crippen LogP contribution in [0.1, 0.15) is 37.1 Å². The number of hydrogen-bond donors (Lipinski definition) is 0. The Bertz CT molecular complexity index is 626. The number of benzene rings is 2. The first kappa shape index (κ1) is 13.6. The fraction of sp³-hybridized carbons (Fsp3) is 0.211. The quantitative estimate of drug-likeness (QED) is 0.506. The van der Waals surface area contributed by atoms with Crippen molar-refractivity contribution in [2.75, 3.05) is 0 Å². The zero-order chi connectivity index (χ0) is 14.7. The lowest BCUT2D eigenvalue weighted by atomic mass is 10.1. The summed E-state index contributed by atoms with van der Waals surface area (Å²) in [6.07, 6.45) is 7.63. The third-order valence-electron chi connectivity index (χ3n) is 4.02. The molecule has 0 aliphatic heterocycles. The molecule has 0 aliphatic carbocycles. The molecule has 106 valence electrons. The molecule has 0 aliphatic rings. The van der Waals surface area contributed by atoms with Crippen LogP contribution in [0.15, 0.2) is 73.1 Å². The zero-order valence-electron chi connectivity index (χ0n) is 12.5. The lowest BCUT2D eigenvalue weighted by Crippen LogP contribution is -2.36. The molecule has 2 atom stereocenters. The average molecular weight is 276 g/mol. The number of nitrogens with zero attached hydrogens (tertiary/aromatic N) is 2. The van der Waals surface area contributed by atoms with Crippen molar-refractivity contribution in [1.29, 1.82) is 0 Å². The fourth-order valence-electron chi connectivity index (χ4n) is 2.56. The molecular weight excluding hydrogens is 256 g/mol. The normalized spacial score (nSPS) is 13.8. The third-order valence-corrected chi connectivity index (χ3v) is 4.02. The number of hydrogen-bond acceptors (Lipinski definition) is 0. The van der Waals surface area contributed by atoms with Gasteiger partial charge in [-0.3, -0.25) is 0 Å². The van der Waals surface area contributed by atoms with Crippen LogP contribution in [0.25, 0.3) is 0 Å². The summed E-state index contributed by atoms with van der Waals surface area (Å²) in [5.74, 6) is 0.